The van der Waals surface area contributed by atoms with Gasteiger partial charge in [0.25, 0.3) is 0 Å². The third-order valence-corrected chi connectivity index (χ3v) is 3.96. The van der Waals surface area contributed by atoms with Gasteiger partial charge in [-0.1, -0.05) is 23.7 Å². The molecule has 0 spiro atoms. The van der Waals surface area contributed by atoms with Gasteiger partial charge in [0.15, 0.2) is 17.3 Å². The van der Waals surface area contributed by atoms with Gasteiger partial charge < -0.3 is 9.47 Å². The third-order valence-electron chi connectivity index (χ3n) is 2.80. The average molecular weight is 337 g/mol. The molecule has 0 N–H and O–H groups in total. The highest BCUT2D eigenvalue weighted by Gasteiger charge is 2.13. The molecule has 22 heavy (non-hydrogen) atoms. The highest BCUT2D eigenvalue weighted by atomic mass is 35.5. The zero-order valence-corrected chi connectivity index (χ0v) is 14.2. The number of halogens is 1. The summed E-state index contributed by atoms with van der Waals surface area (Å²) in [4.78, 5) is 12.7. The van der Waals surface area contributed by atoms with Crippen molar-refractivity contribution in [3.63, 3.8) is 0 Å². The molecule has 2 rings (SSSR count). The minimum absolute atomic E-state index is 0.00630. The van der Waals surface area contributed by atoms with Crippen LogP contribution < -0.4 is 9.47 Å². The van der Waals surface area contributed by atoms with Gasteiger partial charge in [-0.2, -0.15) is 0 Å². The zero-order chi connectivity index (χ0) is 16.1. The minimum Gasteiger partial charge on any atom is -0.493 e. The summed E-state index contributed by atoms with van der Waals surface area (Å²) in [5.41, 5.74) is 0.780. The Morgan fingerprint density at radius 3 is 2.73 bits per heavy atom. The number of hydrogen-bond acceptors (Lipinski definition) is 4. The van der Waals surface area contributed by atoms with Crippen LogP contribution in [0.5, 0.6) is 11.5 Å². The molecule has 0 saturated carbocycles. The van der Waals surface area contributed by atoms with E-state index in [0.717, 1.165) is 5.56 Å². The monoisotopic (exact) mass is 336 g/mol. The first-order valence-electron chi connectivity index (χ1n) is 6.81. The topological polar surface area (TPSA) is 35.5 Å². The van der Waals surface area contributed by atoms with Crippen molar-refractivity contribution in [2.24, 2.45) is 0 Å². The van der Waals surface area contributed by atoms with Gasteiger partial charge in [0.2, 0.25) is 0 Å². The van der Waals surface area contributed by atoms with Crippen LogP contribution in [0.25, 0.3) is 6.08 Å². The molecule has 0 bridgehead atoms. The van der Waals surface area contributed by atoms with Gasteiger partial charge in [-0.15, -0.1) is 11.3 Å². The van der Waals surface area contributed by atoms with E-state index in [4.69, 9.17) is 21.1 Å². The van der Waals surface area contributed by atoms with E-state index in [0.29, 0.717) is 21.4 Å². The van der Waals surface area contributed by atoms with Crippen molar-refractivity contribution in [3.8, 4) is 11.5 Å². The number of methoxy groups -OCH3 is 1. The lowest BCUT2D eigenvalue weighted by Gasteiger charge is -2.15. The Balaban J connectivity index is 2.25. The molecule has 5 heteroatoms. The van der Waals surface area contributed by atoms with E-state index in [1.165, 1.54) is 17.4 Å². The van der Waals surface area contributed by atoms with Crippen molar-refractivity contribution >= 4 is 34.8 Å². The van der Waals surface area contributed by atoms with Crippen LogP contribution in [0.4, 0.5) is 0 Å². The molecule has 0 amide bonds. The fourth-order valence-corrected chi connectivity index (χ4v) is 2.77. The molecule has 3 nitrogen and oxygen atoms in total. The van der Waals surface area contributed by atoms with E-state index in [2.05, 4.69) is 0 Å². The van der Waals surface area contributed by atoms with Crippen LogP contribution in [0.3, 0.4) is 0 Å². The quantitative estimate of drug-likeness (QED) is 0.544. The first kappa shape index (κ1) is 16.6. The third kappa shape index (κ3) is 4.12. The SMILES string of the molecule is COc1cc(/C=C/C(=O)c2cccs2)cc(Cl)c1OC(C)C. The van der Waals surface area contributed by atoms with Crippen LogP contribution in [0.1, 0.15) is 29.1 Å². The zero-order valence-electron chi connectivity index (χ0n) is 12.6. The van der Waals surface area contributed by atoms with Crippen molar-refractivity contribution < 1.29 is 14.3 Å². The van der Waals surface area contributed by atoms with Crippen LogP contribution in [-0.2, 0) is 0 Å². The molecule has 1 aromatic heterocycles. The predicted octanol–water partition coefficient (Wildman–Crippen LogP) is 5.09. The molecule has 0 aliphatic rings. The van der Waals surface area contributed by atoms with Crippen molar-refractivity contribution in [3.05, 3.63) is 51.2 Å². The van der Waals surface area contributed by atoms with Crippen LogP contribution in [0.2, 0.25) is 5.02 Å². The lowest BCUT2D eigenvalue weighted by Crippen LogP contribution is -2.07. The number of ketones is 1. The van der Waals surface area contributed by atoms with E-state index in [-0.39, 0.29) is 11.9 Å². The lowest BCUT2D eigenvalue weighted by atomic mass is 10.1. The highest BCUT2D eigenvalue weighted by Crippen LogP contribution is 2.37. The van der Waals surface area contributed by atoms with Gasteiger partial charge in [-0.25, -0.2) is 0 Å². The number of benzene rings is 1. The summed E-state index contributed by atoms with van der Waals surface area (Å²) in [5.74, 6) is 1.03. The smallest absolute Gasteiger partial charge is 0.195 e. The maximum atomic E-state index is 12.0. The Labute approximate surface area is 139 Å². The number of rotatable bonds is 6. The molecule has 0 atom stereocenters. The summed E-state index contributed by atoms with van der Waals surface area (Å²) in [6.45, 7) is 3.84. The van der Waals surface area contributed by atoms with Gasteiger partial charge in [-0.3, -0.25) is 4.79 Å². The number of carbonyl (C=O) groups excluding carboxylic acids is 1. The molecular weight excluding hydrogens is 320 g/mol. The molecule has 0 aliphatic carbocycles. The summed E-state index contributed by atoms with van der Waals surface area (Å²) >= 11 is 7.67. The van der Waals surface area contributed by atoms with Crippen LogP contribution in [-0.4, -0.2) is 19.0 Å². The fraction of sp³-hybridized carbons (Fsp3) is 0.235. The molecule has 2 aromatic rings. The fourth-order valence-electron chi connectivity index (χ4n) is 1.86. The first-order valence-corrected chi connectivity index (χ1v) is 8.07. The van der Waals surface area contributed by atoms with E-state index >= 15 is 0 Å². The summed E-state index contributed by atoms with van der Waals surface area (Å²) in [6, 6.07) is 7.19. The number of hydrogen-bond donors (Lipinski definition) is 0. The van der Waals surface area contributed by atoms with Crippen LogP contribution >= 0.6 is 22.9 Å². The van der Waals surface area contributed by atoms with Crippen molar-refractivity contribution in [2.45, 2.75) is 20.0 Å². The summed E-state index contributed by atoms with van der Waals surface area (Å²) in [7, 11) is 1.56. The number of thiophene rings is 1. The van der Waals surface area contributed by atoms with Crippen molar-refractivity contribution in [1.29, 1.82) is 0 Å². The van der Waals surface area contributed by atoms with Gasteiger partial charge in [0.05, 0.1) is 23.1 Å². The first-order chi connectivity index (χ1) is 10.5. The molecule has 0 aliphatic heterocycles. The Morgan fingerprint density at radius 1 is 1.36 bits per heavy atom. The average Bonchev–Trinajstić information content (AvgIpc) is 3.01. The predicted molar refractivity (Wildman–Crippen MR) is 91.5 cm³/mol. The second kappa shape index (κ2) is 7.47. The van der Waals surface area contributed by atoms with Crippen molar-refractivity contribution in [2.75, 3.05) is 7.11 Å². The highest BCUT2D eigenvalue weighted by molar-refractivity contribution is 7.12. The van der Waals surface area contributed by atoms with Crippen LogP contribution in [0.15, 0.2) is 35.7 Å². The molecule has 0 unspecified atom stereocenters. The van der Waals surface area contributed by atoms with Gasteiger partial charge in [-0.05, 0) is 49.1 Å². The molecule has 0 radical (unpaired) electrons. The van der Waals surface area contributed by atoms with Gasteiger partial charge in [0, 0.05) is 0 Å². The standard InChI is InChI=1S/C17H17ClO3S/c1-11(2)21-17-13(18)9-12(10-15(17)20-3)6-7-14(19)16-5-4-8-22-16/h4-11H,1-3H3/b7-6+. The van der Waals surface area contributed by atoms with Gasteiger partial charge >= 0.3 is 0 Å². The Kier molecular flexibility index (Phi) is 5.63. The molecule has 0 saturated heterocycles. The second-order valence-electron chi connectivity index (χ2n) is 4.88. The molecule has 1 heterocycles. The Morgan fingerprint density at radius 2 is 2.14 bits per heavy atom. The van der Waals surface area contributed by atoms with E-state index in [9.17, 15) is 4.79 Å². The largest absolute Gasteiger partial charge is 0.493 e. The van der Waals surface area contributed by atoms with Crippen molar-refractivity contribution in [1.82, 2.24) is 0 Å². The normalized spacial score (nSPS) is 11.1. The van der Waals surface area contributed by atoms with Crippen LogP contribution in [0, 0.1) is 0 Å². The maximum Gasteiger partial charge on any atom is 0.195 e. The van der Waals surface area contributed by atoms with E-state index in [1.54, 1.807) is 31.4 Å². The van der Waals surface area contributed by atoms with E-state index in [1.807, 2.05) is 25.3 Å². The summed E-state index contributed by atoms with van der Waals surface area (Å²) in [6.07, 6.45) is 3.24. The van der Waals surface area contributed by atoms with Gasteiger partial charge in [0.1, 0.15) is 0 Å². The Bertz CT molecular complexity index is 675. The number of carbonyl (C=O) groups is 1. The number of allylic oxidation sites excluding steroid dienone is 1. The minimum atomic E-state index is -0.0346. The summed E-state index contributed by atoms with van der Waals surface area (Å²) in [5, 5.41) is 2.33. The molecule has 116 valence electrons. The Hall–Kier alpha value is -1.78. The molecular formula is C17H17ClO3S. The van der Waals surface area contributed by atoms with E-state index < -0.39 is 0 Å². The second-order valence-corrected chi connectivity index (χ2v) is 6.23. The molecule has 1 aromatic carbocycles. The summed E-state index contributed by atoms with van der Waals surface area (Å²) < 4.78 is 11.0. The lowest BCUT2D eigenvalue weighted by molar-refractivity contribution is 0.105. The maximum absolute atomic E-state index is 12.0. The number of ether oxygens (including phenoxy) is 2. The molecule has 0 fully saturated rings.